The third-order valence-electron chi connectivity index (χ3n) is 3.99. The van der Waals surface area contributed by atoms with Gasteiger partial charge in [0.1, 0.15) is 12.4 Å². The third-order valence-corrected chi connectivity index (χ3v) is 4.48. The molecule has 106 valence electrons. The highest BCUT2D eigenvalue weighted by atomic mass is 79.9. The van der Waals surface area contributed by atoms with Gasteiger partial charge in [-0.2, -0.15) is 0 Å². The zero-order valence-corrected chi connectivity index (χ0v) is 13.3. The predicted molar refractivity (Wildman–Crippen MR) is 83.7 cm³/mol. The molecule has 1 unspecified atom stereocenters. The fraction of sp³-hybridized carbons (Fsp3) is 0.625. The summed E-state index contributed by atoms with van der Waals surface area (Å²) in [5.41, 5.74) is 0. The van der Waals surface area contributed by atoms with Crippen LogP contribution in [0.25, 0.3) is 0 Å². The topological polar surface area (TPSA) is 21.3 Å². The number of nitrogens with one attached hydrogen (secondary N) is 1. The summed E-state index contributed by atoms with van der Waals surface area (Å²) in [4.78, 5) is 0. The summed E-state index contributed by atoms with van der Waals surface area (Å²) in [5, 5.41) is 3.60. The summed E-state index contributed by atoms with van der Waals surface area (Å²) >= 11 is 3.45. The second-order valence-corrected chi connectivity index (χ2v) is 6.36. The van der Waals surface area contributed by atoms with Gasteiger partial charge >= 0.3 is 0 Å². The largest absolute Gasteiger partial charge is 0.492 e. The van der Waals surface area contributed by atoms with E-state index in [0.717, 1.165) is 29.3 Å². The standard InChI is InChI=1S/C16H24BrNO/c1-13(14-6-3-2-4-7-14)18-10-11-19-16-9-5-8-15(17)12-16/h5,8-9,12-14,18H,2-4,6-7,10-11H2,1H3. The van der Waals surface area contributed by atoms with E-state index in [-0.39, 0.29) is 0 Å². The van der Waals surface area contributed by atoms with Crippen LogP contribution in [-0.4, -0.2) is 19.2 Å². The molecule has 19 heavy (non-hydrogen) atoms. The van der Waals surface area contributed by atoms with E-state index in [4.69, 9.17) is 4.74 Å². The molecule has 0 aromatic heterocycles. The lowest BCUT2D eigenvalue weighted by atomic mass is 9.84. The molecule has 1 aliphatic carbocycles. The molecule has 0 bridgehead atoms. The Bertz CT molecular complexity index is 377. The van der Waals surface area contributed by atoms with Crippen molar-refractivity contribution in [3.63, 3.8) is 0 Å². The van der Waals surface area contributed by atoms with Gasteiger partial charge in [-0.25, -0.2) is 0 Å². The van der Waals surface area contributed by atoms with Crippen LogP contribution in [0.15, 0.2) is 28.7 Å². The van der Waals surface area contributed by atoms with Crippen LogP contribution in [0.5, 0.6) is 5.75 Å². The minimum atomic E-state index is 0.617. The summed E-state index contributed by atoms with van der Waals surface area (Å²) in [6.45, 7) is 3.97. The molecule has 3 heteroatoms. The number of rotatable bonds is 6. The molecule has 0 spiro atoms. The maximum absolute atomic E-state index is 5.73. The monoisotopic (exact) mass is 325 g/mol. The second kappa shape index (κ2) is 7.91. The average molecular weight is 326 g/mol. The van der Waals surface area contributed by atoms with Crippen LogP contribution in [0.2, 0.25) is 0 Å². The Morgan fingerprint density at radius 3 is 2.84 bits per heavy atom. The summed E-state index contributed by atoms with van der Waals surface area (Å²) in [6.07, 6.45) is 7.02. The van der Waals surface area contributed by atoms with Crippen molar-refractivity contribution in [2.45, 2.75) is 45.1 Å². The molecule has 0 aliphatic heterocycles. The predicted octanol–water partition coefficient (Wildman–Crippen LogP) is 4.39. The van der Waals surface area contributed by atoms with Crippen LogP contribution in [0, 0.1) is 5.92 Å². The Kier molecular flexibility index (Phi) is 6.18. The Hall–Kier alpha value is -0.540. The van der Waals surface area contributed by atoms with Crippen molar-refractivity contribution >= 4 is 15.9 Å². The van der Waals surface area contributed by atoms with Crippen molar-refractivity contribution in [1.82, 2.24) is 5.32 Å². The molecule has 0 radical (unpaired) electrons. The molecule has 0 amide bonds. The van der Waals surface area contributed by atoms with Crippen LogP contribution >= 0.6 is 15.9 Å². The maximum atomic E-state index is 5.73. The summed E-state index contributed by atoms with van der Waals surface area (Å²) in [7, 11) is 0. The van der Waals surface area contributed by atoms with Gasteiger partial charge in [-0.15, -0.1) is 0 Å². The molecule has 1 N–H and O–H groups in total. The van der Waals surface area contributed by atoms with Crippen LogP contribution in [0.4, 0.5) is 0 Å². The van der Waals surface area contributed by atoms with Crippen LogP contribution < -0.4 is 10.1 Å². The third kappa shape index (κ3) is 5.15. The lowest BCUT2D eigenvalue weighted by Crippen LogP contribution is -2.37. The van der Waals surface area contributed by atoms with Crippen LogP contribution in [0.3, 0.4) is 0 Å². The number of benzene rings is 1. The van der Waals surface area contributed by atoms with Gasteiger partial charge in [0, 0.05) is 17.1 Å². The highest BCUT2D eigenvalue weighted by Gasteiger charge is 2.19. The van der Waals surface area contributed by atoms with Crippen molar-refractivity contribution < 1.29 is 4.74 Å². The molecule has 0 saturated heterocycles. The first kappa shape index (κ1) is 14.9. The molecule has 2 rings (SSSR count). The highest BCUT2D eigenvalue weighted by molar-refractivity contribution is 9.10. The molecule has 1 saturated carbocycles. The van der Waals surface area contributed by atoms with E-state index in [1.807, 2.05) is 24.3 Å². The number of hydrogen-bond acceptors (Lipinski definition) is 2. The van der Waals surface area contributed by atoms with E-state index in [2.05, 4.69) is 28.2 Å². The molecule has 1 atom stereocenters. The van der Waals surface area contributed by atoms with E-state index < -0.39 is 0 Å². The fourth-order valence-electron chi connectivity index (χ4n) is 2.81. The fourth-order valence-corrected chi connectivity index (χ4v) is 3.19. The maximum Gasteiger partial charge on any atom is 0.120 e. The second-order valence-electron chi connectivity index (χ2n) is 5.45. The van der Waals surface area contributed by atoms with Crippen LogP contribution in [-0.2, 0) is 0 Å². The van der Waals surface area contributed by atoms with Gasteiger partial charge in [0.05, 0.1) is 0 Å². The SMILES string of the molecule is CC(NCCOc1cccc(Br)c1)C1CCCCC1. The molecular formula is C16H24BrNO. The normalized spacial score (nSPS) is 18.2. The van der Waals surface area contributed by atoms with Gasteiger partial charge in [-0.05, 0) is 43.9 Å². The molecule has 1 aromatic rings. The van der Waals surface area contributed by atoms with E-state index in [0.29, 0.717) is 6.04 Å². The van der Waals surface area contributed by atoms with E-state index in [9.17, 15) is 0 Å². The van der Waals surface area contributed by atoms with Crippen molar-refractivity contribution in [2.24, 2.45) is 5.92 Å². The molecule has 0 heterocycles. The van der Waals surface area contributed by atoms with Gasteiger partial charge in [-0.3, -0.25) is 0 Å². The zero-order chi connectivity index (χ0) is 13.5. The molecule has 2 nitrogen and oxygen atoms in total. The lowest BCUT2D eigenvalue weighted by molar-refractivity contribution is 0.256. The zero-order valence-electron chi connectivity index (χ0n) is 11.7. The van der Waals surface area contributed by atoms with Crippen molar-refractivity contribution in [3.05, 3.63) is 28.7 Å². The first-order valence-corrected chi connectivity index (χ1v) is 8.17. The van der Waals surface area contributed by atoms with E-state index in [1.54, 1.807) is 0 Å². The minimum absolute atomic E-state index is 0.617. The van der Waals surface area contributed by atoms with Crippen molar-refractivity contribution in [3.8, 4) is 5.75 Å². The van der Waals surface area contributed by atoms with Gasteiger partial charge in [-0.1, -0.05) is 41.3 Å². The van der Waals surface area contributed by atoms with Crippen molar-refractivity contribution in [1.29, 1.82) is 0 Å². The number of halogens is 1. The summed E-state index contributed by atoms with van der Waals surface area (Å²) in [5.74, 6) is 1.79. The Morgan fingerprint density at radius 1 is 1.32 bits per heavy atom. The summed E-state index contributed by atoms with van der Waals surface area (Å²) in [6, 6.07) is 8.62. The van der Waals surface area contributed by atoms with E-state index in [1.165, 1.54) is 32.1 Å². The van der Waals surface area contributed by atoms with E-state index >= 15 is 0 Å². The average Bonchev–Trinajstić information content (AvgIpc) is 2.44. The minimum Gasteiger partial charge on any atom is -0.492 e. The lowest BCUT2D eigenvalue weighted by Gasteiger charge is -2.28. The smallest absolute Gasteiger partial charge is 0.120 e. The number of hydrogen-bond donors (Lipinski definition) is 1. The Labute approximate surface area is 125 Å². The first-order valence-electron chi connectivity index (χ1n) is 7.37. The molecule has 1 fully saturated rings. The highest BCUT2D eigenvalue weighted by Crippen LogP contribution is 2.26. The molecule has 1 aromatic carbocycles. The quantitative estimate of drug-likeness (QED) is 0.783. The van der Waals surface area contributed by atoms with Gasteiger partial charge < -0.3 is 10.1 Å². The Balaban J connectivity index is 1.63. The van der Waals surface area contributed by atoms with Crippen molar-refractivity contribution in [2.75, 3.05) is 13.2 Å². The van der Waals surface area contributed by atoms with Crippen LogP contribution in [0.1, 0.15) is 39.0 Å². The van der Waals surface area contributed by atoms with Gasteiger partial charge in [0.2, 0.25) is 0 Å². The molecular weight excluding hydrogens is 302 g/mol. The number of ether oxygens (including phenoxy) is 1. The first-order chi connectivity index (χ1) is 9.25. The summed E-state index contributed by atoms with van der Waals surface area (Å²) < 4.78 is 6.80. The Morgan fingerprint density at radius 2 is 2.11 bits per heavy atom. The van der Waals surface area contributed by atoms with Gasteiger partial charge in [0.15, 0.2) is 0 Å². The van der Waals surface area contributed by atoms with Gasteiger partial charge in [0.25, 0.3) is 0 Å². The molecule has 1 aliphatic rings.